The fraction of sp³-hybridized carbons (Fsp3) is 0.333. The van der Waals surface area contributed by atoms with E-state index in [4.69, 9.17) is 14.6 Å². The van der Waals surface area contributed by atoms with Crippen molar-refractivity contribution in [1.29, 1.82) is 0 Å². The summed E-state index contributed by atoms with van der Waals surface area (Å²) < 4.78 is 11.1. The van der Waals surface area contributed by atoms with Gasteiger partial charge in [0.15, 0.2) is 0 Å². The second-order valence-corrected chi connectivity index (χ2v) is 4.95. The zero-order chi connectivity index (χ0) is 15.1. The van der Waals surface area contributed by atoms with Crippen LogP contribution in [0.5, 0.6) is 5.75 Å². The number of ether oxygens (including phenoxy) is 2. The van der Waals surface area contributed by atoms with Crippen molar-refractivity contribution in [3.8, 4) is 17.6 Å². The lowest BCUT2D eigenvalue weighted by Crippen LogP contribution is -2.11. The highest BCUT2D eigenvalue weighted by atomic mass is 16.5. The third-order valence-electron chi connectivity index (χ3n) is 2.93. The van der Waals surface area contributed by atoms with Gasteiger partial charge in [-0.2, -0.15) is 0 Å². The summed E-state index contributed by atoms with van der Waals surface area (Å²) in [6.07, 6.45) is 0.226. The van der Waals surface area contributed by atoms with Crippen LogP contribution in [0.15, 0.2) is 36.4 Å². The molecule has 0 heterocycles. The zero-order valence-corrected chi connectivity index (χ0v) is 12.4. The lowest BCUT2D eigenvalue weighted by molar-refractivity contribution is 0.0553. The minimum Gasteiger partial charge on any atom is -0.491 e. The van der Waals surface area contributed by atoms with Gasteiger partial charge in [-0.3, -0.25) is 0 Å². The van der Waals surface area contributed by atoms with Gasteiger partial charge in [0.1, 0.15) is 19.0 Å². The third-order valence-corrected chi connectivity index (χ3v) is 2.93. The van der Waals surface area contributed by atoms with E-state index >= 15 is 0 Å². The van der Waals surface area contributed by atoms with Crippen LogP contribution in [0, 0.1) is 11.8 Å². The number of rotatable bonds is 5. The molecule has 0 atom stereocenters. The van der Waals surface area contributed by atoms with Gasteiger partial charge >= 0.3 is 0 Å². The van der Waals surface area contributed by atoms with E-state index in [1.807, 2.05) is 50.2 Å². The van der Waals surface area contributed by atoms with Gasteiger partial charge in [0, 0.05) is 5.56 Å². The predicted octanol–water partition coefficient (Wildman–Crippen LogP) is 2.99. The Balaban J connectivity index is 2.04. The highest BCUT2D eigenvalue weighted by Crippen LogP contribution is 2.22. The first-order valence-corrected chi connectivity index (χ1v) is 7.07. The van der Waals surface area contributed by atoms with Crippen LogP contribution in [-0.4, -0.2) is 31.0 Å². The molecular formula is C18H20O3. The van der Waals surface area contributed by atoms with Gasteiger partial charge in [-0.1, -0.05) is 24.0 Å². The molecule has 2 aromatic rings. The van der Waals surface area contributed by atoms with Gasteiger partial charge < -0.3 is 14.6 Å². The number of aliphatic hydroxyl groups is 1. The summed E-state index contributed by atoms with van der Waals surface area (Å²) >= 11 is 0. The average Bonchev–Trinajstić information content (AvgIpc) is 2.49. The molecule has 2 aromatic carbocycles. The maximum absolute atomic E-state index is 8.71. The summed E-state index contributed by atoms with van der Waals surface area (Å²) in [6.45, 7) is 5.03. The van der Waals surface area contributed by atoms with Crippen molar-refractivity contribution in [2.24, 2.45) is 0 Å². The Kier molecular flexibility index (Phi) is 5.62. The molecule has 0 aliphatic rings. The fourth-order valence-corrected chi connectivity index (χ4v) is 1.98. The van der Waals surface area contributed by atoms with Crippen LogP contribution in [0.2, 0.25) is 0 Å². The number of fused-ring (bicyclic) bond motifs is 1. The van der Waals surface area contributed by atoms with Crippen molar-refractivity contribution in [2.45, 2.75) is 20.0 Å². The van der Waals surface area contributed by atoms with E-state index in [0.29, 0.717) is 13.2 Å². The quantitative estimate of drug-likeness (QED) is 0.677. The van der Waals surface area contributed by atoms with Gasteiger partial charge in [-0.05, 0) is 48.9 Å². The fourth-order valence-electron chi connectivity index (χ4n) is 1.98. The Hall–Kier alpha value is -2.02. The molecule has 2 rings (SSSR count). The Labute approximate surface area is 125 Å². The van der Waals surface area contributed by atoms with E-state index in [1.165, 1.54) is 0 Å². The van der Waals surface area contributed by atoms with E-state index in [0.717, 1.165) is 22.1 Å². The van der Waals surface area contributed by atoms with Crippen molar-refractivity contribution in [2.75, 3.05) is 19.8 Å². The molecule has 0 saturated heterocycles. The molecule has 0 aliphatic heterocycles. The maximum Gasteiger partial charge on any atom is 0.120 e. The van der Waals surface area contributed by atoms with E-state index in [-0.39, 0.29) is 12.7 Å². The number of hydrogen-bond acceptors (Lipinski definition) is 3. The predicted molar refractivity (Wildman–Crippen MR) is 84.5 cm³/mol. The average molecular weight is 284 g/mol. The standard InChI is InChI=1S/C18H20O3/c1-14(2)20-10-11-21-18-8-7-16-12-15(4-3-9-19)5-6-17(16)13-18/h5-8,12-14,19H,9-11H2,1-2H3. The van der Waals surface area contributed by atoms with Crippen LogP contribution in [0.25, 0.3) is 10.8 Å². The first kappa shape index (κ1) is 15.4. The van der Waals surface area contributed by atoms with Gasteiger partial charge in [0.2, 0.25) is 0 Å². The van der Waals surface area contributed by atoms with E-state index < -0.39 is 0 Å². The summed E-state index contributed by atoms with van der Waals surface area (Å²) in [6, 6.07) is 11.9. The second kappa shape index (κ2) is 7.68. The first-order chi connectivity index (χ1) is 10.2. The van der Waals surface area contributed by atoms with E-state index in [2.05, 4.69) is 11.8 Å². The first-order valence-electron chi connectivity index (χ1n) is 7.07. The summed E-state index contributed by atoms with van der Waals surface area (Å²) in [5, 5.41) is 10.9. The van der Waals surface area contributed by atoms with Gasteiger partial charge in [-0.15, -0.1) is 0 Å². The largest absolute Gasteiger partial charge is 0.491 e. The normalized spacial score (nSPS) is 10.5. The summed E-state index contributed by atoms with van der Waals surface area (Å²) in [5.74, 6) is 6.39. The molecule has 0 fully saturated rings. The van der Waals surface area contributed by atoms with Crippen molar-refractivity contribution in [3.63, 3.8) is 0 Å². The molecule has 110 valence electrons. The minimum absolute atomic E-state index is 0.122. The topological polar surface area (TPSA) is 38.7 Å². The van der Waals surface area contributed by atoms with Crippen LogP contribution in [-0.2, 0) is 4.74 Å². The zero-order valence-electron chi connectivity index (χ0n) is 12.4. The van der Waals surface area contributed by atoms with Crippen LogP contribution >= 0.6 is 0 Å². The smallest absolute Gasteiger partial charge is 0.120 e. The molecule has 0 amide bonds. The maximum atomic E-state index is 8.71. The SMILES string of the molecule is CC(C)OCCOc1ccc2cc(C#CCO)ccc2c1. The Morgan fingerprint density at radius 1 is 1.05 bits per heavy atom. The van der Waals surface area contributed by atoms with Gasteiger partial charge in [0.05, 0.1) is 12.7 Å². The molecule has 0 spiro atoms. The molecule has 1 N–H and O–H groups in total. The van der Waals surface area contributed by atoms with Crippen molar-refractivity contribution >= 4 is 10.8 Å². The molecule has 0 radical (unpaired) electrons. The monoisotopic (exact) mass is 284 g/mol. The molecule has 21 heavy (non-hydrogen) atoms. The van der Waals surface area contributed by atoms with Crippen molar-refractivity contribution in [1.82, 2.24) is 0 Å². The second-order valence-electron chi connectivity index (χ2n) is 4.95. The molecule has 0 unspecified atom stereocenters. The Morgan fingerprint density at radius 3 is 2.57 bits per heavy atom. The molecule has 0 bridgehead atoms. The van der Waals surface area contributed by atoms with Gasteiger partial charge in [-0.25, -0.2) is 0 Å². The lowest BCUT2D eigenvalue weighted by atomic mass is 10.1. The van der Waals surface area contributed by atoms with Crippen molar-refractivity contribution in [3.05, 3.63) is 42.0 Å². The van der Waals surface area contributed by atoms with E-state index in [1.54, 1.807) is 0 Å². The lowest BCUT2D eigenvalue weighted by Gasteiger charge is -2.10. The van der Waals surface area contributed by atoms with Crippen LogP contribution in [0.4, 0.5) is 0 Å². The number of hydrogen-bond donors (Lipinski definition) is 1. The van der Waals surface area contributed by atoms with E-state index in [9.17, 15) is 0 Å². The molecule has 0 aromatic heterocycles. The molecule has 3 heteroatoms. The van der Waals surface area contributed by atoms with Crippen LogP contribution in [0.1, 0.15) is 19.4 Å². The highest BCUT2D eigenvalue weighted by Gasteiger charge is 1.99. The summed E-state index contributed by atoms with van der Waals surface area (Å²) in [4.78, 5) is 0. The van der Waals surface area contributed by atoms with Crippen LogP contribution < -0.4 is 4.74 Å². The summed E-state index contributed by atoms with van der Waals surface area (Å²) in [7, 11) is 0. The number of benzene rings is 2. The number of aliphatic hydroxyl groups excluding tert-OH is 1. The minimum atomic E-state index is -0.122. The van der Waals surface area contributed by atoms with Crippen molar-refractivity contribution < 1.29 is 14.6 Å². The third kappa shape index (κ3) is 4.78. The molecule has 0 aliphatic carbocycles. The van der Waals surface area contributed by atoms with Gasteiger partial charge in [0.25, 0.3) is 0 Å². The Morgan fingerprint density at radius 2 is 1.81 bits per heavy atom. The van der Waals surface area contributed by atoms with Crippen LogP contribution in [0.3, 0.4) is 0 Å². The molecule has 0 saturated carbocycles. The molecule has 3 nitrogen and oxygen atoms in total. The highest BCUT2D eigenvalue weighted by molar-refractivity contribution is 5.85. The molecular weight excluding hydrogens is 264 g/mol. The summed E-state index contributed by atoms with van der Waals surface area (Å²) in [5.41, 5.74) is 0.899. The Bertz CT molecular complexity index is 650.